The smallest absolute Gasteiger partial charge is 0.334 e. The van der Waals surface area contributed by atoms with Gasteiger partial charge in [0.25, 0.3) is 0 Å². The van der Waals surface area contributed by atoms with Gasteiger partial charge < -0.3 is 11.1 Å². The molecule has 0 radical (unpaired) electrons. The summed E-state index contributed by atoms with van der Waals surface area (Å²) in [4.78, 5) is 21.6. The highest BCUT2D eigenvalue weighted by Crippen LogP contribution is 2.33. The number of carbonyl (C=O) groups is 1. The van der Waals surface area contributed by atoms with E-state index >= 15 is 0 Å². The summed E-state index contributed by atoms with van der Waals surface area (Å²) in [5.74, 6) is -0.232. The topological polar surface area (TPSA) is 116 Å². The van der Waals surface area contributed by atoms with E-state index in [4.69, 9.17) is 5.73 Å². The Morgan fingerprint density at radius 1 is 1.53 bits per heavy atom. The Bertz CT molecular complexity index is 495. The summed E-state index contributed by atoms with van der Waals surface area (Å²) in [7, 11) is 1.62. The lowest BCUT2D eigenvalue weighted by atomic mass is 10.1. The molecule has 106 valence electrons. The normalized spacial score (nSPS) is 12.5. The van der Waals surface area contributed by atoms with Gasteiger partial charge in [0.1, 0.15) is 5.69 Å². The average molecular weight is 269 g/mol. The van der Waals surface area contributed by atoms with Crippen molar-refractivity contribution in [3.63, 3.8) is 0 Å². The van der Waals surface area contributed by atoms with Gasteiger partial charge in [0, 0.05) is 25.4 Å². The minimum absolute atomic E-state index is 0.0474. The maximum atomic E-state index is 11.2. The monoisotopic (exact) mass is 269 g/mol. The first-order chi connectivity index (χ1) is 8.73. The second kappa shape index (κ2) is 5.68. The first-order valence-electron chi connectivity index (χ1n) is 6.00. The van der Waals surface area contributed by atoms with Crippen LogP contribution in [0.15, 0.2) is 0 Å². The number of aromatic nitrogens is 2. The van der Waals surface area contributed by atoms with Gasteiger partial charge in [0.15, 0.2) is 0 Å². The number of nitrogens with two attached hydrogens (primary N) is 1. The molecule has 0 fully saturated rings. The Kier molecular flexibility index (Phi) is 4.47. The molecule has 0 aliphatic rings. The highest BCUT2D eigenvalue weighted by atomic mass is 16.6. The van der Waals surface area contributed by atoms with Gasteiger partial charge in [0.2, 0.25) is 11.7 Å². The molecule has 0 spiro atoms. The van der Waals surface area contributed by atoms with Crippen LogP contribution in [0.3, 0.4) is 0 Å². The van der Waals surface area contributed by atoms with Crippen LogP contribution in [0.2, 0.25) is 0 Å². The number of aryl methyl sites for hydroxylation is 1. The highest BCUT2D eigenvalue weighted by molar-refractivity contribution is 5.75. The van der Waals surface area contributed by atoms with Gasteiger partial charge >= 0.3 is 5.69 Å². The van der Waals surface area contributed by atoms with Crippen LogP contribution in [0.25, 0.3) is 0 Å². The zero-order valence-corrected chi connectivity index (χ0v) is 11.5. The van der Waals surface area contributed by atoms with Crippen LogP contribution >= 0.6 is 0 Å². The Hall–Kier alpha value is -2.12. The van der Waals surface area contributed by atoms with E-state index in [1.165, 1.54) is 4.68 Å². The van der Waals surface area contributed by atoms with E-state index in [2.05, 4.69) is 10.4 Å². The molecule has 0 aliphatic carbocycles. The van der Waals surface area contributed by atoms with E-state index in [0.717, 1.165) is 0 Å². The maximum absolute atomic E-state index is 11.2. The number of nitro groups is 1. The summed E-state index contributed by atoms with van der Waals surface area (Å²) in [6.07, 6.45) is 0.0966. The molecule has 0 bridgehead atoms. The Labute approximate surface area is 111 Å². The van der Waals surface area contributed by atoms with E-state index in [1.54, 1.807) is 14.0 Å². The molecule has 0 saturated carbocycles. The number of nitrogens with zero attached hydrogens (tertiary/aromatic N) is 3. The summed E-state index contributed by atoms with van der Waals surface area (Å²) in [5, 5.41) is 18.3. The standard InChI is InChI=1S/C11H19N5O3/c1-6(2)9-10(16(18)19)11(15(4)14-9)13-7(3)5-8(12)17/h6-7,13H,5H2,1-4H3,(H2,12,17). The van der Waals surface area contributed by atoms with Crippen LogP contribution < -0.4 is 11.1 Å². The number of amides is 1. The van der Waals surface area contributed by atoms with Crippen molar-refractivity contribution in [2.24, 2.45) is 12.8 Å². The highest BCUT2D eigenvalue weighted by Gasteiger charge is 2.29. The Balaban J connectivity index is 3.12. The van der Waals surface area contributed by atoms with Gasteiger partial charge in [-0.2, -0.15) is 5.10 Å². The molecule has 1 unspecified atom stereocenters. The van der Waals surface area contributed by atoms with Gasteiger partial charge in [-0.25, -0.2) is 4.68 Å². The third-order valence-corrected chi connectivity index (χ3v) is 2.67. The number of rotatable bonds is 6. The average Bonchev–Trinajstić information content (AvgIpc) is 2.55. The first kappa shape index (κ1) is 14.9. The lowest BCUT2D eigenvalue weighted by molar-refractivity contribution is -0.384. The minimum Gasteiger partial charge on any atom is -0.370 e. The lowest BCUT2D eigenvalue weighted by Crippen LogP contribution is -2.25. The third-order valence-electron chi connectivity index (χ3n) is 2.67. The second-order valence-corrected chi connectivity index (χ2v) is 4.83. The molecule has 1 aromatic heterocycles. The SMILES string of the molecule is CC(CC(N)=O)Nc1c([N+](=O)[O-])c(C(C)C)nn1C. The largest absolute Gasteiger partial charge is 0.370 e. The molecule has 8 heteroatoms. The molecule has 0 aromatic carbocycles. The fourth-order valence-corrected chi connectivity index (χ4v) is 1.85. The summed E-state index contributed by atoms with van der Waals surface area (Å²) in [5.41, 5.74) is 5.47. The van der Waals surface area contributed by atoms with Gasteiger partial charge in [0.05, 0.1) is 4.92 Å². The number of carbonyl (C=O) groups excluding carboxylic acids is 1. The van der Waals surface area contributed by atoms with Crippen molar-refractivity contribution >= 4 is 17.4 Å². The lowest BCUT2D eigenvalue weighted by Gasteiger charge is -2.12. The molecule has 1 heterocycles. The molecular formula is C11H19N5O3. The molecule has 3 N–H and O–H groups in total. The van der Waals surface area contributed by atoms with Crippen LogP contribution in [0.1, 0.15) is 38.8 Å². The summed E-state index contributed by atoms with van der Waals surface area (Å²) < 4.78 is 1.42. The van der Waals surface area contributed by atoms with Gasteiger partial charge in [-0.15, -0.1) is 0 Å². The Morgan fingerprint density at radius 2 is 2.11 bits per heavy atom. The van der Waals surface area contributed by atoms with Gasteiger partial charge in [-0.05, 0) is 6.92 Å². The summed E-state index contributed by atoms with van der Waals surface area (Å²) in [6.45, 7) is 5.41. The number of primary amides is 1. The van der Waals surface area contributed by atoms with E-state index in [0.29, 0.717) is 11.5 Å². The number of anilines is 1. The quantitative estimate of drug-likeness (QED) is 0.593. The number of hydrogen-bond acceptors (Lipinski definition) is 5. The number of hydrogen-bond donors (Lipinski definition) is 2. The zero-order chi connectivity index (χ0) is 14.7. The molecular weight excluding hydrogens is 250 g/mol. The van der Waals surface area contributed by atoms with Gasteiger partial charge in [-0.1, -0.05) is 13.8 Å². The number of nitrogens with one attached hydrogen (secondary N) is 1. The maximum Gasteiger partial charge on any atom is 0.334 e. The van der Waals surface area contributed by atoms with Crippen LogP contribution in [-0.4, -0.2) is 26.7 Å². The molecule has 1 aromatic rings. The van der Waals surface area contributed by atoms with Crippen molar-refractivity contribution in [2.45, 2.75) is 39.2 Å². The first-order valence-corrected chi connectivity index (χ1v) is 6.00. The summed E-state index contributed by atoms with van der Waals surface area (Å²) >= 11 is 0. The minimum atomic E-state index is -0.464. The molecule has 19 heavy (non-hydrogen) atoms. The van der Waals surface area contributed by atoms with Gasteiger partial charge in [-0.3, -0.25) is 14.9 Å². The molecule has 1 rings (SSSR count). The van der Waals surface area contributed by atoms with Crippen molar-refractivity contribution in [2.75, 3.05) is 5.32 Å². The molecule has 0 saturated heterocycles. The predicted octanol–water partition coefficient (Wildman–Crippen LogP) is 1.13. The predicted molar refractivity (Wildman–Crippen MR) is 70.8 cm³/mol. The summed E-state index contributed by atoms with van der Waals surface area (Å²) in [6, 6.07) is -0.299. The molecule has 1 amide bonds. The fourth-order valence-electron chi connectivity index (χ4n) is 1.85. The van der Waals surface area contributed by atoms with Crippen molar-refractivity contribution in [3.05, 3.63) is 15.8 Å². The van der Waals surface area contributed by atoms with Crippen molar-refractivity contribution in [1.82, 2.24) is 9.78 Å². The molecule has 1 atom stereocenters. The second-order valence-electron chi connectivity index (χ2n) is 4.83. The Morgan fingerprint density at radius 3 is 2.53 bits per heavy atom. The van der Waals surface area contributed by atoms with E-state index < -0.39 is 10.8 Å². The van der Waals surface area contributed by atoms with Crippen molar-refractivity contribution < 1.29 is 9.72 Å². The van der Waals surface area contributed by atoms with Crippen LogP contribution in [-0.2, 0) is 11.8 Å². The zero-order valence-electron chi connectivity index (χ0n) is 11.5. The van der Waals surface area contributed by atoms with Crippen LogP contribution in [0, 0.1) is 10.1 Å². The van der Waals surface area contributed by atoms with Crippen molar-refractivity contribution in [1.29, 1.82) is 0 Å². The fraction of sp³-hybridized carbons (Fsp3) is 0.636. The van der Waals surface area contributed by atoms with Crippen LogP contribution in [0.4, 0.5) is 11.5 Å². The van der Waals surface area contributed by atoms with E-state index in [-0.39, 0.29) is 24.1 Å². The molecule has 8 nitrogen and oxygen atoms in total. The van der Waals surface area contributed by atoms with E-state index in [9.17, 15) is 14.9 Å². The van der Waals surface area contributed by atoms with Crippen LogP contribution in [0.5, 0.6) is 0 Å². The van der Waals surface area contributed by atoms with Crippen molar-refractivity contribution in [3.8, 4) is 0 Å². The third kappa shape index (κ3) is 3.43. The molecule has 0 aliphatic heterocycles. The van der Waals surface area contributed by atoms with E-state index in [1.807, 2.05) is 13.8 Å².